The molecule has 0 saturated carbocycles. The van der Waals surface area contributed by atoms with Crippen molar-refractivity contribution in [2.24, 2.45) is 7.05 Å². The number of anilines is 1. The van der Waals surface area contributed by atoms with E-state index >= 15 is 0 Å². The van der Waals surface area contributed by atoms with Crippen LogP contribution < -0.4 is 5.32 Å². The number of H-pyrrole nitrogens is 1. The number of carboxylic acids is 1. The summed E-state index contributed by atoms with van der Waals surface area (Å²) in [6.45, 7) is 1.65. The Kier molecular flexibility index (Phi) is 3.49. The molecule has 0 unspecified atom stereocenters. The number of aromatic nitrogens is 2. The number of nitrogens with zero attached hydrogens (tertiary/aromatic N) is 2. The smallest absolute Gasteiger partial charge is 0.354 e. The van der Waals surface area contributed by atoms with Crippen LogP contribution in [-0.4, -0.2) is 31.5 Å². The predicted molar refractivity (Wildman–Crippen MR) is 72.5 cm³/mol. The summed E-state index contributed by atoms with van der Waals surface area (Å²) in [6.07, 6.45) is 0. The van der Waals surface area contributed by atoms with Gasteiger partial charge in [-0.3, -0.25) is 4.79 Å². The highest BCUT2D eigenvalue weighted by atomic mass is 16.6. The molecule has 0 aromatic carbocycles. The number of hydrogen-bond acceptors (Lipinski definition) is 4. The summed E-state index contributed by atoms with van der Waals surface area (Å²) in [4.78, 5) is 35.9. The van der Waals surface area contributed by atoms with Gasteiger partial charge < -0.3 is 25.5 Å². The van der Waals surface area contributed by atoms with Crippen LogP contribution in [0.1, 0.15) is 26.7 Å². The van der Waals surface area contributed by atoms with Gasteiger partial charge in [0.2, 0.25) is 0 Å². The standard InChI is InChI=1S/C12H12N4O5/c1-6-5-7(10(13-6)12(18)19)14-11(17)8-3-4-9(15(8)2)16(20)21/h3-5,13H,1-2H3,(H,14,17)(H,18,19). The molecule has 0 atom stereocenters. The summed E-state index contributed by atoms with van der Waals surface area (Å²) < 4.78 is 1.12. The van der Waals surface area contributed by atoms with Gasteiger partial charge in [-0.25, -0.2) is 9.36 Å². The number of carboxylic acid groups (broad SMARTS) is 1. The van der Waals surface area contributed by atoms with Crippen LogP contribution in [0, 0.1) is 17.0 Å². The molecule has 0 aliphatic rings. The number of hydrogen-bond donors (Lipinski definition) is 3. The van der Waals surface area contributed by atoms with E-state index in [1.807, 2.05) is 0 Å². The molecule has 21 heavy (non-hydrogen) atoms. The topological polar surface area (TPSA) is 130 Å². The lowest BCUT2D eigenvalue weighted by Gasteiger charge is -2.03. The molecule has 2 aromatic rings. The average Bonchev–Trinajstić information content (AvgIpc) is 2.92. The summed E-state index contributed by atoms with van der Waals surface area (Å²) in [5.41, 5.74) is 0.580. The first-order chi connectivity index (χ1) is 9.81. The number of aromatic amines is 1. The van der Waals surface area contributed by atoms with Crippen LogP contribution in [-0.2, 0) is 7.05 Å². The highest BCUT2D eigenvalue weighted by Gasteiger charge is 2.23. The van der Waals surface area contributed by atoms with Gasteiger partial charge in [-0.05, 0) is 24.0 Å². The Morgan fingerprint density at radius 3 is 2.62 bits per heavy atom. The summed E-state index contributed by atoms with van der Waals surface area (Å²) in [7, 11) is 1.38. The van der Waals surface area contributed by atoms with Gasteiger partial charge in [0.05, 0.1) is 12.7 Å². The highest BCUT2D eigenvalue weighted by Crippen LogP contribution is 2.20. The third kappa shape index (κ3) is 2.61. The van der Waals surface area contributed by atoms with Gasteiger partial charge in [-0.15, -0.1) is 0 Å². The van der Waals surface area contributed by atoms with E-state index in [0.717, 1.165) is 4.57 Å². The quantitative estimate of drug-likeness (QED) is 0.581. The molecular formula is C12H12N4O5. The van der Waals surface area contributed by atoms with Crippen molar-refractivity contribution in [2.75, 3.05) is 5.32 Å². The Bertz CT molecular complexity index is 743. The molecule has 0 aliphatic carbocycles. The summed E-state index contributed by atoms with van der Waals surface area (Å²) >= 11 is 0. The van der Waals surface area contributed by atoms with Crippen molar-refractivity contribution in [3.05, 3.63) is 45.4 Å². The van der Waals surface area contributed by atoms with Crippen molar-refractivity contribution in [1.29, 1.82) is 0 Å². The molecule has 0 saturated heterocycles. The molecule has 1 amide bonds. The average molecular weight is 292 g/mol. The van der Waals surface area contributed by atoms with E-state index < -0.39 is 16.8 Å². The zero-order valence-electron chi connectivity index (χ0n) is 11.2. The number of amides is 1. The van der Waals surface area contributed by atoms with E-state index in [1.165, 1.54) is 25.2 Å². The summed E-state index contributed by atoms with van der Waals surface area (Å²) in [5, 5.41) is 22.2. The number of aromatic carboxylic acids is 1. The minimum atomic E-state index is -1.21. The van der Waals surface area contributed by atoms with E-state index in [4.69, 9.17) is 5.11 Å². The van der Waals surface area contributed by atoms with Gasteiger partial charge in [0.25, 0.3) is 5.91 Å². The van der Waals surface area contributed by atoms with Crippen molar-refractivity contribution in [2.45, 2.75) is 6.92 Å². The van der Waals surface area contributed by atoms with Crippen molar-refractivity contribution in [3.63, 3.8) is 0 Å². The SMILES string of the molecule is Cc1cc(NC(=O)c2ccc([N+](=O)[O-])n2C)c(C(=O)O)[nH]1. The maximum Gasteiger partial charge on any atom is 0.354 e. The summed E-state index contributed by atoms with van der Waals surface area (Å²) in [6, 6.07) is 3.97. The van der Waals surface area contributed by atoms with E-state index in [-0.39, 0.29) is 22.9 Å². The third-order valence-electron chi connectivity index (χ3n) is 2.93. The van der Waals surface area contributed by atoms with Gasteiger partial charge >= 0.3 is 11.8 Å². The van der Waals surface area contributed by atoms with Crippen molar-refractivity contribution in [1.82, 2.24) is 9.55 Å². The molecule has 9 nitrogen and oxygen atoms in total. The largest absolute Gasteiger partial charge is 0.477 e. The second kappa shape index (κ2) is 5.12. The van der Waals surface area contributed by atoms with Crippen molar-refractivity contribution >= 4 is 23.4 Å². The number of rotatable bonds is 4. The van der Waals surface area contributed by atoms with Crippen LogP contribution in [0.15, 0.2) is 18.2 Å². The molecule has 2 rings (SSSR count). The number of carbonyl (C=O) groups is 2. The molecule has 110 valence electrons. The first-order valence-electron chi connectivity index (χ1n) is 5.85. The van der Waals surface area contributed by atoms with Crippen molar-refractivity contribution in [3.8, 4) is 0 Å². The lowest BCUT2D eigenvalue weighted by molar-refractivity contribution is -0.391. The number of nitro groups is 1. The second-order valence-electron chi connectivity index (χ2n) is 4.39. The first kappa shape index (κ1) is 14.3. The van der Waals surface area contributed by atoms with E-state index in [9.17, 15) is 19.7 Å². The van der Waals surface area contributed by atoms with Crippen LogP contribution in [0.4, 0.5) is 11.5 Å². The van der Waals surface area contributed by atoms with Gasteiger partial charge in [0.15, 0.2) is 5.69 Å². The fourth-order valence-corrected chi connectivity index (χ4v) is 1.95. The lowest BCUT2D eigenvalue weighted by atomic mass is 10.3. The number of aryl methyl sites for hydroxylation is 1. The Balaban J connectivity index is 2.31. The summed E-state index contributed by atoms with van der Waals surface area (Å²) in [5.74, 6) is -2.08. The van der Waals surface area contributed by atoms with E-state index in [0.29, 0.717) is 5.69 Å². The van der Waals surface area contributed by atoms with Gasteiger partial charge in [0.1, 0.15) is 5.69 Å². The Hall–Kier alpha value is -3.10. The van der Waals surface area contributed by atoms with Crippen LogP contribution in [0.3, 0.4) is 0 Å². The maximum absolute atomic E-state index is 12.1. The molecule has 0 bridgehead atoms. The molecule has 0 radical (unpaired) electrons. The second-order valence-corrected chi connectivity index (χ2v) is 4.39. The molecule has 0 fully saturated rings. The van der Waals surface area contributed by atoms with Gasteiger partial charge in [-0.1, -0.05) is 0 Å². The number of nitrogens with one attached hydrogen (secondary N) is 2. The molecule has 9 heteroatoms. The molecule has 3 N–H and O–H groups in total. The fraction of sp³-hybridized carbons (Fsp3) is 0.167. The third-order valence-corrected chi connectivity index (χ3v) is 2.93. The van der Waals surface area contributed by atoms with Crippen LogP contribution in [0.2, 0.25) is 0 Å². The zero-order chi connectivity index (χ0) is 15.7. The normalized spacial score (nSPS) is 10.4. The molecule has 0 aliphatic heterocycles. The zero-order valence-corrected chi connectivity index (χ0v) is 11.2. The van der Waals surface area contributed by atoms with E-state index in [1.54, 1.807) is 6.92 Å². The van der Waals surface area contributed by atoms with Crippen molar-refractivity contribution < 1.29 is 19.6 Å². The monoisotopic (exact) mass is 292 g/mol. The highest BCUT2D eigenvalue weighted by molar-refractivity contribution is 6.06. The first-order valence-corrected chi connectivity index (χ1v) is 5.85. The fourth-order valence-electron chi connectivity index (χ4n) is 1.95. The van der Waals surface area contributed by atoms with Crippen LogP contribution >= 0.6 is 0 Å². The minimum absolute atomic E-state index is 0.0527. The lowest BCUT2D eigenvalue weighted by Crippen LogP contribution is -2.17. The Morgan fingerprint density at radius 1 is 1.43 bits per heavy atom. The minimum Gasteiger partial charge on any atom is -0.477 e. The predicted octanol–water partition coefficient (Wildman–Crippen LogP) is 1.52. The molecule has 2 heterocycles. The van der Waals surface area contributed by atoms with E-state index in [2.05, 4.69) is 10.3 Å². The van der Waals surface area contributed by atoms with Crippen LogP contribution in [0.5, 0.6) is 0 Å². The van der Waals surface area contributed by atoms with Gasteiger partial charge in [-0.2, -0.15) is 0 Å². The Labute approximate surface area is 118 Å². The molecular weight excluding hydrogens is 280 g/mol. The number of carbonyl (C=O) groups excluding carboxylic acids is 1. The molecule has 0 spiro atoms. The van der Waals surface area contributed by atoms with Crippen LogP contribution in [0.25, 0.3) is 0 Å². The molecule has 2 aromatic heterocycles. The Morgan fingerprint density at radius 2 is 2.10 bits per heavy atom. The maximum atomic E-state index is 12.1. The van der Waals surface area contributed by atoms with Gasteiger partial charge in [0, 0.05) is 11.8 Å².